The van der Waals surface area contributed by atoms with E-state index in [0.29, 0.717) is 6.04 Å². The van der Waals surface area contributed by atoms with Crippen LogP contribution in [0.2, 0.25) is 0 Å². The topological polar surface area (TPSA) is 46.9 Å². The van der Waals surface area contributed by atoms with Gasteiger partial charge in [0.2, 0.25) is 0 Å². The molecule has 6 heteroatoms. The minimum absolute atomic E-state index is 0.182. The fourth-order valence-corrected chi connectivity index (χ4v) is 5.58. The summed E-state index contributed by atoms with van der Waals surface area (Å²) in [4.78, 5) is 13.5. The molecule has 3 heterocycles. The summed E-state index contributed by atoms with van der Waals surface area (Å²) < 4.78 is 1.87. The van der Waals surface area contributed by atoms with Gasteiger partial charge < -0.3 is 5.32 Å². The van der Waals surface area contributed by atoms with Gasteiger partial charge in [0.15, 0.2) is 5.82 Å². The Balaban J connectivity index is 1.65. The van der Waals surface area contributed by atoms with Crippen LogP contribution in [-0.2, 0) is 16.6 Å². The molecule has 3 aromatic rings. The van der Waals surface area contributed by atoms with Gasteiger partial charge in [-0.15, -0.1) is 22.7 Å². The zero-order valence-corrected chi connectivity index (χ0v) is 16.3. The molecule has 1 fully saturated rings. The second kappa shape index (κ2) is 6.62. The molecule has 0 aliphatic heterocycles. The minimum atomic E-state index is -0.182. The van der Waals surface area contributed by atoms with E-state index in [-0.39, 0.29) is 5.41 Å². The number of hydrogen-bond acceptors (Lipinski definition) is 5. The number of nitrogens with zero attached hydrogens (tertiary/aromatic N) is 2. The van der Waals surface area contributed by atoms with Crippen molar-refractivity contribution in [3.05, 3.63) is 68.2 Å². The van der Waals surface area contributed by atoms with E-state index in [1.165, 1.54) is 28.7 Å². The second-order valence-corrected chi connectivity index (χ2v) is 8.88. The van der Waals surface area contributed by atoms with Gasteiger partial charge in [-0.25, -0.2) is 4.68 Å². The zero-order chi connectivity index (χ0) is 18.3. The summed E-state index contributed by atoms with van der Waals surface area (Å²) in [5.41, 5.74) is 2.10. The maximum atomic E-state index is 10.9. The van der Waals surface area contributed by atoms with Crippen molar-refractivity contribution in [2.45, 2.75) is 30.7 Å². The average Bonchev–Trinajstić information content (AvgIpc) is 3.14. The summed E-state index contributed by atoms with van der Waals surface area (Å²) >= 11 is 3.58. The lowest BCUT2D eigenvalue weighted by Crippen LogP contribution is -2.29. The van der Waals surface area contributed by atoms with Gasteiger partial charge in [-0.2, -0.15) is 5.10 Å². The molecule has 4 nitrogen and oxygen atoms in total. The Labute approximate surface area is 165 Å². The summed E-state index contributed by atoms with van der Waals surface area (Å²) in [5, 5.41) is 12.6. The van der Waals surface area contributed by atoms with E-state index in [1.807, 2.05) is 4.68 Å². The van der Waals surface area contributed by atoms with Crippen molar-refractivity contribution in [3.8, 4) is 0 Å². The van der Waals surface area contributed by atoms with Crippen molar-refractivity contribution >= 4 is 47.1 Å². The van der Waals surface area contributed by atoms with Crippen LogP contribution in [0.15, 0.2) is 47.2 Å². The maximum absolute atomic E-state index is 10.9. The first-order chi connectivity index (χ1) is 13.3. The van der Waals surface area contributed by atoms with Crippen molar-refractivity contribution in [1.82, 2.24) is 9.78 Å². The number of aldehydes is 1. The molecule has 2 aliphatic carbocycles. The fraction of sp³-hybridized carbons (Fsp3) is 0.238. The number of thiophene rings is 2. The van der Waals surface area contributed by atoms with Gasteiger partial charge in [-0.3, -0.25) is 4.79 Å². The van der Waals surface area contributed by atoms with Gasteiger partial charge in [-0.05, 0) is 41.8 Å². The molecule has 0 unspecified atom stereocenters. The van der Waals surface area contributed by atoms with E-state index in [9.17, 15) is 4.79 Å². The monoisotopic (exact) mass is 393 g/mol. The fourth-order valence-electron chi connectivity index (χ4n) is 3.67. The molecule has 0 saturated heterocycles. The lowest BCUT2D eigenvalue weighted by atomic mass is 9.76. The Morgan fingerprint density at radius 2 is 1.93 bits per heavy atom. The van der Waals surface area contributed by atoms with Crippen LogP contribution >= 0.6 is 22.7 Å². The SMILES string of the molecule is O=CC=Cn1nc(NC2CC2)c2c1CC(c1cccs1)(c1cccs1)C=C2. The van der Waals surface area contributed by atoms with Crippen molar-refractivity contribution in [2.24, 2.45) is 0 Å². The number of carbonyl (C=O) groups excluding carboxylic acids is 1. The minimum Gasteiger partial charge on any atom is -0.365 e. The molecule has 1 N–H and O–H groups in total. The number of allylic oxidation sites excluding steroid dienone is 2. The van der Waals surface area contributed by atoms with Crippen LogP contribution in [-0.4, -0.2) is 22.1 Å². The lowest BCUT2D eigenvalue weighted by Gasteiger charge is -2.32. The molecule has 0 amide bonds. The van der Waals surface area contributed by atoms with Crippen LogP contribution < -0.4 is 5.32 Å². The number of anilines is 1. The van der Waals surface area contributed by atoms with Gasteiger partial charge in [-0.1, -0.05) is 24.3 Å². The predicted molar refractivity (Wildman–Crippen MR) is 112 cm³/mol. The van der Waals surface area contributed by atoms with E-state index >= 15 is 0 Å². The highest BCUT2D eigenvalue weighted by molar-refractivity contribution is 7.11. The Hall–Kier alpha value is -2.44. The number of aromatic nitrogens is 2. The highest BCUT2D eigenvalue weighted by Crippen LogP contribution is 2.46. The third kappa shape index (κ3) is 2.89. The number of rotatable bonds is 6. The molecule has 0 radical (unpaired) electrons. The molecular weight excluding hydrogens is 374 g/mol. The predicted octanol–water partition coefficient (Wildman–Crippen LogP) is 4.81. The van der Waals surface area contributed by atoms with Crippen LogP contribution in [0.3, 0.4) is 0 Å². The number of hydrogen-bond donors (Lipinski definition) is 1. The first-order valence-electron chi connectivity index (χ1n) is 9.07. The molecule has 1 saturated carbocycles. The van der Waals surface area contributed by atoms with Gasteiger partial charge in [0, 0.05) is 34.0 Å². The Kier molecular flexibility index (Phi) is 4.10. The molecule has 0 bridgehead atoms. The number of carbonyl (C=O) groups is 1. The highest BCUT2D eigenvalue weighted by atomic mass is 32.1. The molecule has 5 rings (SSSR count). The summed E-state index contributed by atoms with van der Waals surface area (Å²) in [7, 11) is 0. The van der Waals surface area contributed by atoms with Crippen molar-refractivity contribution in [1.29, 1.82) is 0 Å². The summed E-state index contributed by atoms with van der Waals surface area (Å²) in [6.45, 7) is 0. The van der Waals surface area contributed by atoms with Gasteiger partial charge in [0.25, 0.3) is 0 Å². The third-order valence-corrected chi connectivity index (χ3v) is 7.27. The van der Waals surface area contributed by atoms with Gasteiger partial charge in [0.05, 0.1) is 11.1 Å². The summed E-state index contributed by atoms with van der Waals surface area (Å²) in [5.74, 6) is 0.922. The van der Waals surface area contributed by atoms with E-state index in [2.05, 4.69) is 52.5 Å². The summed E-state index contributed by atoms with van der Waals surface area (Å²) in [6.07, 6.45) is 11.8. The van der Waals surface area contributed by atoms with E-state index < -0.39 is 0 Å². The zero-order valence-electron chi connectivity index (χ0n) is 14.7. The van der Waals surface area contributed by atoms with Crippen molar-refractivity contribution < 1.29 is 4.79 Å². The lowest BCUT2D eigenvalue weighted by molar-refractivity contribution is -0.104. The number of fused-ring (bicyclic) bond motifs is 1. The summed E-state index contributed by atoms with van der Waals surface area (Å²) in [6, 6.07) is 9.18. The smallest absolute Gasteiger partial charge is 0.156 e. The molecule has 27 heavy (non-hydrogen) atoms. The third-order valence-electron chi connectivity index (χ3n) is 5.18. The van der Waals surface area contributed by atoms with Crippen LogP contribution in [0.25, 0.3) is 12.3 Å². The van der Waals surface area contributed by atoms with E-state index in [4.69, 9.17) is 5.10 Å². The first kappa shape index (κ1) is 16.7. The molecule has 0 aromatic carbocycles. The molecule has 3 aromatic heterocycles. The van der Waals surface area contributed by atoms with Gasteiger partial charge >= 0.3 is 0 Å². The maximum Gasteiger partial charge on any atom is 0.156 e. The quantitative estimate of drug-likeness (QED) is 0.483. The molecule has 0 atom stereocenters. The molecular formula is C21H19N3OS2. The van der Waals surface area contributed by atoms with Gasteiger partial charge in [0.1, 0.15) is 6.29 Å². The van der Waals surface area contributed by atoms with Crippen LogP contribution in [0.4, 0.5) is 5.82 Å². The van der Waals surface area contributed by atoms with Crippen LogP contribution in [0.1, 0.15) is 33.9 Å². The number of nitrogens with one attached hydrogen (secondary N) is 1. The standard InChI is InChI=1S/C21H19N3OS2/c25-11-3-10-24-17-14-21(18-4-1-12-26-18,19-5-2-13-27-19)9-8-16(17)20(23-24)22-15-6-7-15/h1-5,8-13,15H,6-7,14H2,(H,22,23). The normalized spacial score (nSPS) is 17.9. The van der Waals surface area contributed by atoms with Crippen LogP contribution in [0, 0.1) is 0 Å². The average molecular weight is 394 g/mol. The Bertz CT molecular complexity index is 974. The molecule has 136 valence electrons. The Morgan fingerprint density at radius 3 is 2.52 bits per heavy atom. The molecule has 0 spiro atoms. The second-order valence-electron chi connectivity index (χ2n) is 6.99. The van der Waals surface area contributed by atoms with E-state index in [0.717, 1.165) is 29.8 Å². The van der Waals surface area contributed by atoms with Crippen molar-refractivity contribution in [2.75, 3.05) is 5.32 Å². The Morgan fingerprint density at radius 1 is 1.19 bits per heavy atom. The van der Waals surface area contributed by atoms with Crippen LogP contribution in [0.5, 0.6) is 0 Å². The van der Waals surface area contributed by atoms with Crippen molar-refractivity contribution in [3.63, 3.8) is 0 Å². The highest BCUT2D eigenvalue weighted by Gasteiger charge is 2.39. The largest absolute Gasteiger partial charge is 0.365 e. The van der Waals surface area contributed by atoms with E-state index in [1.54, 1.807) is 28.9 Å². The molecule has 2 aliphatic rings. The first-order valence-corrected chi connectivity index (χ1v) is 10.8.